The Balaban J connectivity index is 1.62. The summed E-state index contributed by atoms with van der Waals surface area (Å²) < 4.78 is 1.87. The lowest BCUT2D eigenvalue weighted by molar-refractivity contribution is 0.364. The van der Waals surface area contributed by atoms with E-state index in [4.69, 9.17) is 0 Å². The Kier molecular flexibility index (Phi) is 3.51. The fraction of sp³-hybridized carbons (Fsp3) is 0.800. The summed E-state index contributed by atoms with van der Waals surface area (Å²) in [6, 6.07) is 0.743. The molecule has 0 amide bonds. The highest BCUT2D eigenvalue weighted by atomic mass is 15.4. The van der Waals surface area contributed by atoms with Crippen LogP contribution in [0.1, 0.15) is 32.1 Å². The second-order valence-corrected chi connectivity index (χ2v) is 3.96. The lowest BCUT2D eigenvalue weighted by Gasteiger charge is -2.22. The van der Waals surface area contributed by atoms with Crippen LogP contribution in [-0.2, 0) is 6.54 Å². The summed E-state index contributed by atoms with van der Waals surface area (Å²) in [5.41, 5.74) is 0. The average molecular weight is 194 g/mol. The quantitative estimate of drug-likeness (QED) is 0.783. The topological polar surface area (TPSA) is 42.7 Å². The first-order valence-electron chi connectivity index (χ1n) is 5.52. The Morgan fingerprint density at radius 1 is 1.29 bits per heavy atom. The highest BCUT2D eigenvalue weighted by molar-refractivity contribution is 4.72. The summed E-state index contributed by atoms with van der Waals surface area (Å²) in [7, 11) is 0. The summed E-state index contributed by atoms with van der Waals surface area (Å²) in [5.74, 6) is 0. The van der Waals surface area contributed by atoms with Gasteiger partial charge in [-0.05, 0) is 12.8 Å². The van der Waals surface area contributed by atoms with Gasteiger partial charge >= 0.3 is 0 Å². The third-order valence-electron chi connectivity index (χ3n) is 2.85. The first-order valence-corrected chi connectivity index (χ1v) is 5.52. The molecule has 1 aliphatic carbocycles. The van der Waals surface area contributed by atoms with Crippen LogP contribution in [-0.4, -0.2) is 27.6 Å². The van der Waals surface area contributed by atoms with Crippen molar-refractivity contribution in [3.63, 3.8) is 0 Å². The molecule has 1 N–H and O–H groups in total. The molecule has 1 saturated carbocycles. The lowest BCUT2D eigenvalue weighted by atomic mass is 9.95. The van der Waals surface area contributed by atoms with Crippen molar-refractivity contribution in [2.75, 3.05) is 6.54 Å². The highest BCUT2D eigenvalue weighted by Crippen LogP contribution is 2.16. The molecule has 2 rings (SSSR count). The number of nitrogens with zero attached hydrogens (tertiary/aromatic N) is 3. The molecule has 1 heterocycles. The molecular weight excluding hydrogens is 176 g/mol. The average Bonchev–Trinajstić information content (AvgIpc) is 2.72. The van der Waals surface area contributed by atoms with E-state index in [9.17, 15) is 0 Å². The number of aromatic nitrogens is 3. The zero-order valence-corrected chi connectivity index (χ0v) is 8.52. The van der Waals surface area contributed by atoms with Gasteiger partial charge in [-0.2, -0.15) is 0 Å². The van der Waals surface area contributed by atoms with Crippen LogP contribution >= 0.6 is 0 Å². The summed E-state index contributed by atoms with van der Waals surface area (Å²) in [6.45, 7) is 1.94. The maximum atomic E-state index is 3.93. The molecule has 14 heavy (non-hydrogen) atoms. The van der Waals surface area contributed by atoms with Crippen LogP contribution in [0.25, 0.3) is 0 Å². The Morgan fingerprint density at radius 2 is 2.14 bits per heavy atom. The van der Waals surface area contributed by atoms with Crippen molar-refractivity contribution >= 4 is 0 Å². The molecule has 1 aromatic rings. The Hall–Kier alpha value is -0.900. The fourth-order valence-electron chi connectivity index (χ4n) is 2.04. The first-order chi connectivity index (χ1) is 6.95. The van der Waals surface area contributed by atoms with Crippen LogP contribution in [0.3, 0.4) is 0 Å². The van der Waals surface area contributed by atoms with Crippen molar-refractivity contribution in [2.24, 2.45) is 0 Å². The largest absolute Gasteiger partial charge is 0.312 e. The monoisotopic (exact) mass is 194 g/mol. The summed E-state index contributed by atoms with van der Waals surface area (Å²) >= 11 is 0. The van der Waals surface area contributed by atoms with E-state index < -0.39 is 0 Å². The maximum Gasteiger partial charge on any atom is 0.0692 e. The number of rotatable bonds is 4. The molecule has 4 heteroatoms. The molecule has 0 unspecified atom stereocenters. The van der Waals surface area contributed by atoms with Gasteiger partial charge in [0.2, 0.25) is 0 Å². The van der Waals surface area contributed by atoms with Crippen LogP contribution in [0, 0.1) is 0 Å². The van der Waals surface area contributed by atoms with E-state index >= 15 is 0 Å². The zero-order valence-electron chi connectivity index (χ0n) is 8.52. The van der Waals surface area contributed by atoms with Crippen LogP contribution in [0.2, 0.25) is 0 Å². The van der Waals surface area contributed by atoms with Gasteiger partial charge in [-0.15, -0.1) is 5.10 Å². The molecule has 0 aliphatic heterocycles. The van der Waals surface area contributed by atoms with Gasteiger partial charge in [0.15, 0.2) is 0 Å². The van der Waals surface area contributed by atoms with Gasteiger partial charge in [-0.25, -0.2) is 0 Å². The fourth-order valence-corrected chi connectivity index (χ4v) is 2.04. The van der Waals surface area contributed by atoms with E-state index in [0.29, 0.717) is 0 Å². The van der Waals surface area contributed by atoms with E-state index in [1.807, 2.05) is 10.9 Å². The molecule has 0 radical (unpaired) electrons. The molecule has 1 fully saturated rings. The number of hydrogen-bond donors (Lipinski definition) is 1. The SMILES string of the molecule is c1cn(CCNC2CCCCC2)nn1. The minimum absolute atomic E-state index is 0.743. The Labute approximate surface area is 84.7 Å². The minimum Gasteiger partial charge on any atom is -0.312 e. The van der Waals surface area contributed by atoms with Crippen molar-refractivity contribution in [3.05, 3.63) is 12.4 Å². The molecule has 1 aliphatic rings. The van der Waals surface area contributed by atoms with E-state index in [1.54, 1.807) is 6.20 Å². The molecule has 0 atom stereocenters. The van der Waals surface area contributed by atoms with Gasteiger partial charge < -0.3 is 5.32 Å². The zero-order chi connectivity index (χ0) is 9.64. The Morgan fingerprint density at radius 3 is 2.86 bits per heavy atom. The van der Waals surface area contributed by atoms with Gasteiger partial charge in [-0.1, -0.05) is 24.5 Å². The number of hydrogen-bond acceptors (Lipinski definition) is 3. The van der Waals surface area contributed by atoms with Gasteiger partial charge in [0.1, 0.15) is 0 Å². The van der Waals surface area contributed by atoms with Crippen molar-refractivity contribution in [1.29, 1.82) is 0 Å². The molecule has 0 saturated heterocycles. The van der Waals surface area contributed by atoms with Crippen molar-refractivity contribution in [1.82, 2.24) is 20.3 Å². The third kappa shape index (κ3) is 2.80. The van der Waals surface area contributed by atoms with E-state index in [1.165, 1.54) is 32.1 Å². The van der Waals surface area contributed by atoms with Gasteiger partial charge in [0, 0.05) is 18.8 Å². The smallest absolute Gasteiger partial charge is 0.0692 e. The standard InChI is InChI=1S/C10H18N4/c1-2-4-10(5-3-1)11-6-8-14-9-7-12-13-14/h7,9-11H,1-6,8H2. The van der Waals surface area contributed by atoms with E-state index in [-0.39, 0.29) is 0 Å². The first kappa shape index (κ1) is 9.65. The predicted octanol–water partition coefficient (Wildman–Crippen LogP) is 1.20. The van der Waals surface area contributed by atoms with E-state index in [0.717, 1.165) is 19.1 Å². The highest BCUT2D eigenvalue weighted by Gasteiger charge is 2.11. The lowest BCUT2D eigenvalue weighted by Crippen LogP contribution is -2.33. The molecule has 1 aromatic heterocycles. The number of nitrogens with one attached hydrogen (secondary N) is 1. The molecule has 4 nitrogen and oxygen atoms in total. The second-order valence-electron chi connectivity index (χ2n) is 3.96. The predicted molar refractivity (Wildman–Crippen MR) is 54.9 cm³/mol. The van der Waals surface area contributed by atoms with Crippen molar-refractivity contribution < 1.29 is 0 Å². The van der Waals surface area contributed by atoms with Crippen LogP contribution < -0.4 is 5.32 Å². The normalized spacial score (nSPS) is 18.6. The maximum absolute atomic E-state index is 3.93. The van der Waals surface area contributed by atoms with Crippen LogP contribution in [0.4, 0.5) is 0 Å². The van der Waals surface area contributed by atoms with Gasteiger partial charge in [0.25, 0.3) is 0 Å². The molecule has 0 spiro atoms. The minimum atomic E-state index is 0.743. The molecule has 0 bridgehead atoms. The third-order valence-corrected chi connectivity index (χ3v) is 2.85. The van der Waals surface area contributed by atoms with Crippen molar-refractivity contribution in [2.45, 2.75) is 44.7 Å². The molecule has 78 valence electrons. The van der Waals surface area contributed by atoms with Gasteiger partial charge in [-0.3, -0.25) is 4.68 Å². The van der Waals surface area contributed by atoms with E-state index in [2.05, 4.69) is 15.6 Å². The van der Waals surface area contributed by atoms with Crippen LogP contribution in [0.15, 0.2) is 12.4 Å². The molecular formula is C10H18N4. The second kappa shape index (κ2) is 5.10. The van der Waals surface area contributed by atoms with Crippen LogP contribution in [0.5, 0.6) is 0 Å². The Bertz CT molecular complexity index is 239. The summed E-state index contributed by atoms with van der Waals surface area (Å²) in [5, 5.41) is 11.3. The summed E-state index contributed by atoms with van der Waals surface area (Å²) in [4.78, 5) is 0. The summed E-state index contributed by atoms with van der Waals surface area (Å²) in [6.07, 6.45) is 10.5. The van der Waals surface area contributed by atoms with Gasteiger partial charge in [0.05, 0.1) is 12.7 Å². The molecule has 0 aromatic carbocycles. The van der Waals surface area contributed by atoms with Crippen molar-refractivity contribution in [3.8, 4) is 0 Å².